The number of fused-ring (bicyclic) bond motifs is 1. The van der Waals surface area contributed by atoms with Crippen LogP contribution in [-0.4, -0.2) is 12.6 Å². The Morgan fingerprint density at radius 2 is 2.36 bits per heavy atom. The summed E-state index contributed by atoms with van der Waals surface area (Å²) in [5.74, 6) is 0. The van der Waals surface area contributed by atoms with Gasteiger partial charge in [0.15, 0.2) is 0 Å². The van der Waals surface area contributed by atoms with E-state index >= 15 is 0 Å². The Balaban J connectivity index is 2.20. The van der Waals surface area contributed by atoms with Crippen LogP contribution >= 0.6 is 11.6 Å². The van der Waals surface area contributed by atoms with Crippen LogP contribution in [0.1, 0.15) is 19.8 Å². The fourth-order valence-corrected chi connectivity index (χ4v) is 2.06. The fourth-order valence-electron chi connectivity index (χ4n) is 1.83. The number of rotatable bonds is 2. The highest BCUT2D eigenvalue weighted by atomic mass is 35.5. The van der Waals surface area contributed by atoms with E-state index < -0.39 is 0 Å². The molecule has 1 aliphatic heterocycles. The van der Waals surface area contributed by atoms with Crippen molar-refractivity contribution in [2.45, 2.75) is 25.8 Å². The van der Waals surface area contributed by atoms with Crippen LogP contribution in [0.2, 0.25) is 5.02 Å². The third-order valence-electron chi connectivity index (χ3n) is 2.54. The SMILES string of the molecule is CCCC1CNc2cccc(Cl)c2N1. The van der Waals surface area contributed by atoms with E-state index in [1.54, 1.807) is 0 Å². The summed E-state index contributed by atoms with van der Waals surface area (Å²) in [6, 6.07) is 6.45. The average molecular weight is 211 g/mol. The monoisotopic (exact) mass is 210 g/mol. The molecule has 0 amide bonds. The molecule has 76 valence electrons. The summed E-state index contributed by atoms with van der Waals surface area (Å²) in [6.07, 6.45) is 2.37. The summed E-state index contributed by atoms with van der Waals surface area (Å²) in [6.45, 7) is 3.19. The average Bonchev–Trinajstić information content (AvgIpc) is 2.20. The molecule has 14 heavy (non-hydrogen) atoms. The molecular weight excluding hydrogens is 196 g/mol. The molecule has 2 rings (SSSR count). The van der Waals surface area contributed by atoms with Crippen molar-refractivity contribution < 1.29 is 0 Å². The maximum atomic E-state index is 6.11. The van der Waals surface area contributed by atoms with Crippen LogP contribution in [0.15, 0.2) is 18.2 Å². The molecule has 0 fully saturated rings. The summed E-state index contributed by atoms with van der Waals surface area (Å²) in [7, 11) is 0. The zero-order chi connectivity index (χ0) is 9.97. The van der Waals surface area contributed by atoms with E-state index in [4.69, 9.17) is 11.6 Å². The zero-order valence-electron chi connectivity index (χ0n) is 8.31. The first-order valence-corrected chi connectivity index (χ1v) is 5.48. The van der Waals surface area contributed by atoms with Gasteiger partial charge in [-0.3, -0.25) is 0 Å². The molecule has 1 heterocycles. The summed E-state index contributed by atoms with van der Waals surface area (Å²) < 4.78 is 0. The number of benzene rings is 1. The van der Waals surface area contributed by atoms with Crippen molar-refractivity contribution in [1.82, 2.24) is 0 Å². The van der Waals surface area contributed by atoms with Gasteiger partial charge in [0.2, 0.25) is 0 Å². The van der Waals surface area contributed by atoms with Gasteiger partial charge in [-0.2, -0.15) is 0 Å². The molecule has 0 saturated carbocycles. The van der Waals surface area contributed by atoms with Gasteiger partial charge in [0, 0.05) is 12.6 Å². The molecule has 1 aromatic carbocycles. The van der Waals surface area contributed by atoms with Gasteiger partial charge in [0.05, 0.1) is 16.4 Å². The van der Waals surface area contributed by atoms with Crippen molar-refractivity contribution in [2.24, 2.45) is 0 Å². The zero-order valence-corrected chi connectivity index (χ0v) is 9.06. The molecule has 1 unspecified atom stereocenters. The quantitative estimate of drug-likeness (QED) is 0.783. The molecule has 0 bridgehead atoms. The standard InChI is InChI=1S/C11H15ClN2/c1-2-4-8-7-13-10-6-3-5-9(12)11(10)14-8/h3,5-6,8,13-14H,2,4,7H2,1H3. The van der Waals surface area contributed by atoms with E-state index in [1.165, 1.54) is 12.8 Å². The first-order valence-electron chi connectivity index (χ1n) is 5.10. The van der Waals surface area contributed by atoms with Crippen molar-refractivity contribution in [3.8, 4) is 0 Å². The maximum absolute atomic E-state index is 6.11. The lowest BCUT2D eigenvalue weighted by Crippen LogP contribution is -2.32. The minimum absolute atomic E-state index is 0.507. The molecule has 0 saturated heterocycles. The number of nitrogens with one attached hydrogen (secondary N) is 2. The van der Waals surface area contributed by atoms with Crippen LogP contribution in [0.5, 0.6) is 0 Å². The molecule has 0 spiro atoms. The third kappa shape index (κ3) is 1.80. The highest BCUT2D eigenvalue weighted by Crippen LogP contribution is 2.33. The molecule has 0 radical (unpaired) electrons. The van der Waals surface area contributed by atoms with E-state index in [0.717, 1.165) is 22.9 Å². The predicted octanol–water partition coefficient (Wildman–Crippen LogP) is 3.35. The minimum atomic E-state index is 0.507. The largest absolute Gasteiger partial charge is 0.381 e. The van der Waals surface area contributed by atoms with Gasteiger partial charge in [0.25, 0.3) is 0 Å². The van der Waals surface area contributed by atoms with Crippen molar-refractivity contribution in [3.05, 3.63) is 23.2 Å². The second-order valence-corrected chi connectivity index (χ2v) is 4.08. The molecule has 0 aliphatic carbocycles. The van der Waals surface area contributed by atoms with E-state index in [1.807, 2.05) is 12.1 Å². The Hall–Kier alpha value is -0.890. The Morgan fingerprint density at radius 3 is 3.14 bits per heavy atom. The lowest BCUT2D eigenvalue weighted by atomic mass is 10.1. The van der Waals surface area contributed by atoms with Gasteiger partial charge in [-0.25, -0.2) is 0 Å². The fraction of sp³-hybridized carbons (Fsp3) is 0.455. The minimum Gasteiger partial charge on any atom is -0.381 e. The number of hydrogen-bond donors (Lipinski definition) is 2. The summed E-state index contributed by atoms with van der Waals surface area (Å²) in [5.41, 5.74) is 2.17. The topological polar surface area (TPSA) is 24.1 Å². The van der Waals surface area contributed by atoms with Crippen molar-refractivity contribution >= 4 is 23.0 Å². The Labute approximate surface area is 89.7 Å². The van der Waals surface area contributed by atoms with Gasteiger partial charge in [-0.05, 0) is 18.6 Å². The van der Waals surface area contributed by atoms with E-state index in [2.05, 4.69) is 23.6 Å². The number of halogens is 1. The molecule has 2 nitrogen and oxygen atoms in total. The molecule has 0 aromatic heterocycles. The third-order valence-corrected chi connectivity index (χ3v) is 2.85. The van der Waals surface area contributed by atoms with E-state index in [0.29, 0.717) is 6.04 Å². The normalized spacial score (nSPS) is 19.4. The van der Waals surface area contributed by atoms with E-state index in [9.17, 15) is 0 Å². The van der Waals surface area contributed by atoms with Crippen LogP contribution in [0.4, 0.5) is 11.4 Å². The summed E-state index contributed by atoms with van der Waals surface area (Å²) in [5, 5.41) is 7.66. The van der Waals surface area contributed by atoms with Crippen LogP contribution < -0.4 is 10.6 Å². The van der Waals surface area contributed by atoms with Crippen molar-refractivity contribution in [1.29, 1.82) is 0 Å². The Kier molecular flexibility index (Phi) is 2.82. The summed E-state index contributed by atoms with van der Waals surface area (Å²) >= 11 is 6.11. The number of hydrogen-bond acceptors (Lipinski definition) is 2. The molecule has 1 aromatic rings. The van der Waals surface area contributed by atoms with Crippen LogP contribution in [-0.2, 0) is 0 Å². The van der Waals surface area contributed by atoms with Gasteiger partial charge < -0.3 is 10.6 Å². The molecule has 1 aliphatic rings. The van der Waals surface area contributed by atoms with Crippen LogP contribution in [0, 0.1) is 0 Å². The second-order valence-electron chi connectivity index (χ2n) is 3.67. The first-order chi connectivity index (χ1) is 6.81. The maximum Gasteiger partial charge on any atom is 0.0768 e. The highest BCUT2D eigenvalue weighted by Gasteiger charge is 2.17. The lowest BCUT2D eigenvalue weighted by Gasteiger charge is -2.28. The Morgan fingerprint density at radius 1 is 1.50 bits per heavy atom. The predicted molar refractivity (Wildman–Crippen MR) is 62.3 cm³/mol. The number of anilines is 2. The van der Waals surface area contributed by atoms with Gasteiger partial charge in [0.1, 0.15) is 0 Å². The second kappa shape index (κ2) is 4.09. The molecule has 1 atom stereocenters. The summed E-state index contributed by atoms with van der Waals surface area (Å²) in [4.78, 5) is 0. The lowest BCUT2D eigenvalue weighted by molar-refractivity contribution is 0.655. The van der Waals surface area contributed by atoms with Crippen LogP contribution in [0.3, 0.4) is 0 Å². The smallest absolute Gasteiger partial charge is 0.0768 e. The van der Waals surface area contributed by atoms with E-state index in [-0.39, 0.29) is 0 Å². The number of para-hydroxylation sites is 1. The van der Waals surface area contributed by atoms with Crippen molar-refractivity contribution in [2.75, 3.05) is 17.2 Å². The molecular formula is C11H15ClN2. The van der Waals surface area contributed by atoms with Gasteiger partial charge in [-0.1, -0.05) is 31.0 Å². The highest BCUT2D eigenvalue weighted by molar-refractivity contribution is 6.34. The first kappa shape index (κ1) is 9.66. The van der Waals surface area contributed by atoms with Gasteiger partial charge >= 0.3 is 0 Å². The van der Waals surface area contributed by atoms with Crippen LogP contribution in [0.25, 0.3) is 0 Å². The molecule has 2 N–H and O–H groups in total. The van der Waals surface area contributed by atoms with Gasteiger partial charge in [-0.15, -0.1) is 0 Å². The van der Waals surface area contributed by atoms with Crippen molar-refractivity contribution in [3.63, 3.8) is 0 Å². The Bertz CT molecular complexity index is 325. The molecule has 3 heteroatoms.